The van der Waals surface area contributed by atoms with Crippen molar-refractivity contribution < 1.29 is 4.79 Å². The van der Waals surface area contributed by atoms with Gasteiger partial charge in [-0.15, -0.1) is 0 Å². The Morgan fingerprint density at radius 2 is 1.89 bits per heavy atom. The van der Waals surface area contributed by atoms with Crippen molar-refractivity contribution >= 4 is 5.91 Å². The summed E-state index contributed by atoms with van der Waals surface area (Å²) in [6.45, 7) is 3.43. The number of carbonyl (C=O) groups excluding carboxylic acids is 1. The molecule has 3 nitrogen and oxygen atoms in total. The number of carbonyl (C=O) groups is 1. The molecule has 0 heterocycles. The number of amides is 1. The van der Waals surface area contributed by atoms with E-state index in [0.717, 1.165) is 19.4 Å². The van der Waals surface area contributed by atoms with Crippen LogP contribution in [0.5, 0.6) is 0 Å². The minimum Gasteiger partial charge on any atom is -0.344 e. The van der Waals surface area contributed by atoms with E-state index < -0.39 is 0 Å². The fourth-order valence-corrected chi connectivity index (χ4v) is 2.02. The number of likely N-dealkylation sites (N-methyl/N-ethyl adjacent to an activating group) is 1. The van der Waals surface area contributed by atoms with Gasteiger partial charge in [0.1, 0.15) is 0 Å². The third-order valence-corrected chi connectivity index (χ3v) is 3.71. The third kappa shape index (κ3) is 4.67. The molecule has 1 N–H and O–H groups in total. The standard InChI is InChI=1S/C16H24N2O/c1-3-13-4-6-14(7-5-13)10-11-18(2)16(19)12-17-15-8-9-15/h4-7,15,17H,3,8-12H2,1-2H3. The third-order valence-electron chi connectivity index (χ3n) is 3.71. The summed E-state index contributed by atoms with van der Waals surface area (Å²) in [4.78, 5) is 13.7. The number of benzene rings is 1. The van der Waals surface area contributed by atoms with Gasteiger partial charge >= 0.3 is 0 Å². The van der Waals surface area contributed by atoms with Gasteiger partial charge < -0.3 is 10.2 Å². The van der Waals surface area contributed by atoms with Crippen LogP contribution in [0.15, 0.2) is 24.3 Å². The highest BCUT2D eigenvalue weighted by atomic mass is 16.2. The van der Waals surface area contributed by atoms with Crippen LogP contribution in [-0.2, 0) is 17.6 Å². The highest BCUT2D eigenvalue weighted by Gasteiger charge is 2.21. The van der Waals surface area contributed by atoms with Crippen molar-refractivity contribution in [3.05, 3.63) is 35.4 Å². The number of hydrogen-bond acceptors (Lipinski definition) is 2. The highest BCUT2D eigenvalue weighted by Crippen LogP contribution is 2.18. The number of nitrogens with zero attached hydrogens (tertiary/aromatic N) is 1. The van der Waals surface area contributed by atoms with Crippen molar-refractivity contribution in [1.29, 1.82) is 0 Å². The Bertz CT molecular complexity index is 409. The molecule has 0 atom stereocenters. The minimum atomic E-state index is 0.192. The van der Waals surface area contributed by atoms with Crippen molar-refractivity contribution in [1.82, 2.24) is 10.2 Å². The zero-order valence-corrected chi connectivity index (χ0v) is 12.0. The Morgan fingerprint density at radius 1 is 1.26 bits per heavy atom. The van der Waals surface area contributed by atoms with Crippen LogP contribution in [0, 0.1) is 0 Å². The molecule has 0 saturated heterocycles. The molecule has 1 aromatic carbocycles. The second-order valence-corrected chi connectivity index (χ2v) is 5.39. The summed E-state index contributed by atoms with van der Waals surface area (Å²) in [5, 5.41) is 3.26. The monoisotopic (exact) mass is 260 g/mol. The van der Waals surface area contributed by atoms with E-state index in [1.807, 2.05) is 11.9 Å². The lowest BCUT2D eigenvalue weighted by Gasteiger charge is -2.17. The fourth-order valence-electron chi connectivity index (χ4n) is 2.02. The van der Waals surface area contributed by atoms with Gasteiger partial charge in [-0.2, -0.15) is 0 Å². The van der Waals surface area contributed by atoms with E-state index in [9.17, 15) is 4.79 Å². The summed E-state index contributed by atoms with van der Waals surface area (Å²) in [7, 11) is 1.89. The van der Waals surface area contributed by atoms with Crippen molar-refractivity contribution in [3.8, 4) is 0 Å². The molecular formula is C16H24N2O. The van der Waals surface area contributed by atoms with Gasteiger partial charge in [-0.25, -0.2) is 0 Å². The molecule has 0 spiro atoms. The predicted octanol–water partition coefficient (Wildman–Crippen LogP) is 2.00. The topological polar surface area (TPSA) is 32.3 Å². The predicted molar refractivity (Wildman–Crippen MR) is 78.2 cm³/mol. The molecule has 1 amide bonds. The Morgan fingerprint density at radius 3 is 2.47 bits per heavy atom. The van der Waals surface area contributed by atoms with E-state index >= 15 is 0 Å². The van der Waals surface area contributed by atoms with Gasteiger partial charge in [-0.3, -0.25) is 4.79 Å². The van der Waals surface area contributed by atoms with Gasteiger partial charge in [-0.1, -0.05) is 31.2 Å². The van der Waals surface area contributed by atoms with E-state index in [2.05, 4.69) is 36.5 Å². The van der Waals surface area contributed by atoms with Gasteiger partial charge in [-0.05, 0) is 36.8 Å². The van der Waals surface area contributed by atoms with E-state index in [0.29, 0.717) is 12.6 Å². The van der Waals surface area contributed by atoms with Crippen LogP contribution in [0.3, 0.4) is 0 Å². The van der Waals surface area contributed by atoms with E-state index in [1.54, 1.807) is 0 Å². The fraction of sp³-hybridized carbons (Fsp3) is 0.562. The Labute approximate surface area is 116 Å². The lowest BCUT2D eigenvalue weighted by Crippen LogP contribution is -2.37. The molecular weight excluding hydrogens is 236 g/mol. The van der Waals surface area contributed by atoms with E-state index in [4.69, 9.17) is 0 Å². The normalized spacial score (nSPS) is 14.4. The molecule has 0 radical (unpaired) electrons. The summed E-state index contributed by atoms with van der Waals surface area (Å²) in [6, 6.07) is 9.27. The van der Waals surface area contributed by atoms with Crippen molar-refractivity contribution in [2.45, 2.75) is 38.6 Å². The molecule has 0 bridgehead atoms. The van der Waals surface area contributed by atoms with Crippen LogP contribution in [0.25, 0.3) is 0 Å². The van der Waals surface area contributed by atoms with Gasteiger partial charge in [0.25, 0.3) is 0 Å². The molecule has 2 rings (SSSR count). The summed E-state index contributed by atoms with van der Waals surface area (Å²) in [5.41, 5.74) is 2.66. The van der Waals surface area contributed by atoms with Gasteiger partial charge in [0, 0.05) is 19.6 Å². The second-order valence-electron chi connectivity index (χ2n) is 5.39. The first kappa shape index (κ1) is 14.1. The molecule has 1 aliphatic rings. The van der Waals surface area contributed by atoms with E-state index in [1.165, 1.54) is 24.0 Å². The van der Waals surface area contributed by atoms with Crippen LogP contribution in [-0.4, -0.2) is 37.0 Å². The molecule has 1 saturated carbocycles. The summed E-state index contributed by atoms with van der Waals surface area (Å²) in [6.07, 6.45) is 4.45. The summed E-state index contributed by atoms with van der Waals surface area (Å²) < 4.78 is 0. The number of hydrogen-bond donors (Lipinski definition) is 1. The van der Waals surface area contributed by atoms with Gasteiger partial charge in [0.05, 0.1) is 6.54 Å². The molecule has 1 aliphatic carbocycles. The highest BCUT2D eigenvalue weighted by molar-refractivity contribution is 5.78. The van der Waals surface area contributed by atoms with Crippen LogP contribution >= 0.6 is 0 Å². The maximum absolute atomic E-state index is 11.9. The lowest BCUT2D eigenvalue weighted by molar-refractivity contribution is -0.128. The average molecular weight is 260 g/mol. The zero-order valence-electron chi connectivity index (χ0n) is 12.0. The quantitative estimate of drug-likeness (QED) is 0.813. The molecule has 104 valence electrons. The first-order valence-electron chi connectivity index (χ1n) is 7.24. The molecule has 0 unspecified atom stereocenters. The lowest BCUT2D eigenvalue weighted by atomic mass is 10.1. The molecule has 19 heavy (non-hydrogen) atoms. The van der Waals surface area contributed by atoms with Crippen LogP contribution in [0.4, 0.5) is 0 Å². The molecule has 1 fully saturated rings. The first-order valence-corrected chi connectivity index (χ1v) is 7.24. The summed E-state index contributed by atoms with van der Waals surface area (Å²) >= 11 is 0. The average Bonchev–Trinajstić information content (AvgIpc) is 3.26. The maximum Gasteiger partial charge on any atom is 0.236 e. The number of aryl methyl sites for hydroxylation is 1. The number of nitrogens with one attached hydrogen (secondary N) is 1. The van der Waals surface area contributed by atoms with Crippen LogP contribution in [0.2, 0.25) is 0 Å². The molecule has 0 aromatic heterocycles. The number of rotatable bonds is 7. The second kappa shape index (κ2) is 6.71. The SMILES string of the molecule is CCc1ccc(CCN(C)C(=O)CNC2CC2)cc1. The van der Waals surface area contributed by atoms with E-state index in [-0.39, 0.29) is 5.91 Å². The maximum atomic E-state index is 11.9. The minimum absolute atomic E-state index is 0.192. The Balaban J connectivity index is 1.71. The first-order chi connectivity index (χ1) is 9.19. The largest absolute Gasteiger partial charge is 0.344 e. The summed E-state index contributed by atoms with van der Waals surface area (Å²) in [5.74, 6) is 0.192. The van der Waals surface area contributed by atoms with Crippen LogP contribution < -0.4 is 5.32 Å². The van der Waals surface area contributed by atoms with Crippen molar-refractivity contribution in [2.75, 3.05) is 20.1 Å². The molecule has 3 heteroatoms. The van der Waals surface area contributed by atoms with Crippen molar-refractivity contribution in [3.63, 3.8) is 0 Å². The molecule has 0 aliphatic heterocycles. The zero-order chi connectivity index (χ0) is 13.7. The van der Waals surface area contributed by atoms with Gasteiger partial charge in [0.2, 0.25) is 5.91 Å². The van der Waals surface area contributed by atoms with Crippen molar-refractivity contribution in [2.24, 2.45) is 0 Å². The molecule has 1 aromatic rings. The van der Waals surface area contributed by atoms with Crippen LogP contribution in [0.1, 0.15) is 30.9 Å². The Hall–Kier alpha value is -1.35. The Kier molecular flexibility index (Phi) is 4.97. The smallest absolute Gasteiger partial charge is 0.236 e. The van der Waals surface area contributed by atoms with Gasteiger partial charge in [0.15, 0.2) is 0 Å².